The Labute approximate surface area is 190 Å². The van der Waals surface area contributed by atoms with Gasteiger partial charge in [0.2, 0.25) is 11.8 Å². The lowest BCUT2D eigenvalue weighted by molar-refractivity contribution is -0.120. The van der Waals surface area contributed by atoms with Gasteiger partial charge in [-0.05, 0) is 36.2 Å². The molecular formula is C19H23F2N5O6S. The lowest BCUT2D eigenvalue weighted by Gasteiger charge is -2.15. The Morgan fingerprint density at radius 1 is 1.18 bits per heavy atom. The molecule has 2 rings (SSSR count). The van der Waals surface area contributed by atoms with Gasteiger partial charge in [-0.2, -0.15) is 4.37 Å². The zero-order valence-corrected chi connectivity index (χ0v) is 18.2. The molecular weight excluding hydrogens is 464 g/mol. The van der Waals surface area contributed by atoms with Crippen LogP contribution < -0.4 is 26.8 Å². The van der Waals surface area contributed by atoms with Gasteiger partial charge < -0.3 is 31.7 Å². The van der Waals surface area contributed by atoms with Crippen LogP contribution in [0.25, 0.3) is 0 Å². The molecule has 0 fully saturated rings. The van der Waals surface area contributed by atoms with E-state index in [-0.39, 0.29) is 41.4 Å². The second kappa shape index (κ2) is 11.5. The largest absolute Gasteiger partial charge is 0.471 e. The first-order valence-electron chi connectivity index (χ1n) is 9.54. The fourth-order valence-electron chi connectivity index (χ4n) is 2.76. The second-order valence-corrected chi connectivity index (χ2v) is 7.87. The lowest BCUT2D eigenvalue weighted by Crippen LogP contribution is -2.37. The zero-order valence-electron chi connectivity index (χ0n) is 17.4. The number of halogens is 2. The van der Waals surface area contributed by atoms with E-state index < -0.39 is 48.3 Å². The SMILES string of the molecule is Cc1cc(F)c(COc2nsc(NC(=O)NCC(O)CC(O)CC(N)=O)c2C(N)=O)c(F)c1. The molecule has 4 amide bonds. The average Bonchev–Trinajstić information content (AvgIpc) is 3.07. The fraction of sp³-hybridized carbons (Fsp3) is 0.368. The van der Waals surface area contributed by atoms with Crippen LogP contribution in [0.3, 0.4) is 0 Å². The number of nitrogens with two attached hydrogens (primary N) is 2. The van der Waals surface area contributed by atoms with Crippen LogP contribution in [-0.2, 0) is 11.4 Å². The van der Waals surface area contributed by atoms with Gasteiger partial charge >= 0.3 is 6.03 Å². The molecule has 2 unspecified atom stereocenters. The molecule has 180 valence electrons. The summed E-state index contributed by atoms with van der Waals surface area (Å²) in [4.78, 5) is 34.7. The number of rotatable bonds is 11. The molecule has 0 aliphatic heterocycles. The first kappa shape index (κ1) is 25.9. The molecule has 8 N–H and O–H groups in total. The third-order valence-corrected chi connectivity index (χ3v) is 5.00. The number of nitrogens with zero attached hydrogens (tertiary/aromatic N) is 1. The molecule has 0 saturated heterocycles. The predicted molar refractivity (Wildman–Crippen MR) is 114 cm³/mol. The molecule has 1 aromatic heterocycles. The molecule has 11 nitrogen and oxygen atoms in total. The summed E-state index contributed by atoms with van der Waals surface area (Å²) in [5, 5.41) is 23.9. The number of amides is 4. The van der Waals surface area contributed by atoms with Gasteiger partial charge in [0.1, 0.15) is 28.8 Å². The van der Waals surface area contributed by atoms with Crippen LogP contribution in [0, 0.1) is 18.6 Å². The molecule has 2 atom stereocenters. The van der Waals surface area contributed by atoms with Crippen molar-refractivity contribution in [2.45, 2.75) is 38.6 Å². The summed E-state index contributed by atoms with van der Waals surface area (Å²) in [6.07, 6.45) is -2.90. The summed E-state index contributed by atoms with van der Waals surface area (Å²) in [6.45, 7) is 0.656. The summed E-state index contributed by atoms with van der Waals surface area (Å²) in [5.74, 6) is -3.73. The smallest absolute Gasteiger partial charge is 0.320 e. The number of aliphatic hydroxyl groups is 2. The summed E-state index contributed by atoms with van der Waals surface area (Å²) in [6, 6.07) is 1.40. The van der Waals surface area contributed by atoms with Crippen LogP contribution in [0.5, 0.6) is 5.88 Å². The number of urea groups is 1. The van der Waals surface area contributed by atoms with E-state index in [1.807, 2.05) is 0 Å². The molecule has 0 radical (unpaired) electrons. The van der Waals surface area contributed by atoms with Gasteiger partial charge in [-0.3, -0.25) is 14.9 Å². The maximum atomic E-state index is 14.0. The third-order valence-electron chi connectivity index (χ3n) is 4.25. The fourth-order valence-corrected chi connectivity index (χ4v) is 3.49. The van der Waals surface area contributed by atoms with Crippen molar-refractivity contribution in [3.8, 4) is 5.88 Å². The minimum absolute atomic E-state index is 0.0943. The van der Waals surface area contributed by atoms with Crippen LogP contribution in [0.4, 0.5) is 18.6 Å². The number of carbonyl (C=O) groups excluding carboxylic acids is 3. The van der Waals surface area contributed by atoms with Crippen molar-refractivity contribution in [3.05, 3.63) is 40.5 Å². The van der Waals surface area contributed by atoms with Crippen LogP contribution in [0.2, 0.25) is 0 Å². The van der Waals surface area contributed by atoms with Crippen molar-refractivity contribution in [2.24, 2.45) is 11.5 Å². The number of aromatic nitrogens is 1. The minimum Gasteiger partial charge on any atom is -0.471 e. The van der Waals surface area contributed by atoms with E-state index in [1.54, 1.807) is 0 Å². The topological polar surface area (TPSA) is 190 Å². The second-order valence-electron chi connectivity index (χ2n) is 7.10. The van der Waals surface area contributed by atoms with Gasteiger partial charge in [0.05, 0.1) is 24.2 Å². The highest BCUT2D eigenvalue weighted by Crippen LogP contribution is 2.31. The van der Waals surface area contributed by atoms with Crippen molar-refractivity contribution >= 4 is 34.4 Å². The Morgan fingerprint density at radius 2 is 1.82 bits per heavy atom. The standard InChI is InChI=1S/C19H23F2N5O6S/c1-8-2-12(20)11(13(21)3-8)7-32-17-15(16(23)30)18(33-26-17)25-19(31)24-6-10(28)4-9(27)5-14(22)29/h2-3,9-10,27-28H,4-7H2,1H3,(H2,22,29)(H2,23,30)(H2,24,25,31). The molecule has 0 aliphatic carbocycles. The van der Waals surface area contributed by atoms with Crippen molar-refractivity contribution in [1.29, 1.82) is 0 Å². The Kier molecular flexibility index (Phi) is 9.02. The first-order chi connectivity index (χ1) is 15.5. The van der Waals surface area contributed by atoms with Gasteiger partial charge in [0.15, 0.2) is 0 Å². The number of aliphatic hydroxyl groups excluding tert-OH is 2. The summed E-state index contributed by atoms with van der Waals surface area (Å²) in [5.41, 5.74) is 9.97. The van der Waals surface area contributed by atoms with Crippen LogP contribution in [-0.4, -0.2) is 51.2 Å². The highest BCUT2D eigenvalue weighted by atomic mass is 32.1. The van der Waals surface area contributed by atoms with Crippen LogP contribution in [0.15, 0.2) is 12.1 Å². The van der Waals surface area contributed by atoms with Crippen molar-refractivity contribution in [3.63, 3.8) is 0 Å². The number of hydrogen-bond donors (Lipinski definition) is 6. The van der Waals surface area contributed by atoms with E-state index in [2.05, 4.69) is 15.0 Å². The first-order valence-corrected chi connectivity index (χ1v) is 10.3. The van der Waals surface area contributed by atoms with E-state index in [4.69, 9.17) is 16.2 Å². The van der Waals surface area contributed by atoms with E-state index in [1.165, 1.54) is 6.92 Å². The number of benzene rings is 1. The van der Waals surface area contributed by atoms with Gasteiger partial charge in [0.25, 0.3) is 5.91 Å². The Hall–Kier alpha value is -3.36. The van der Waals surface area contributed by atoms with Gasteiger partial charge in [0, 0.05) is 13.0 Å². The molecule has 0 bridgehead atoms. The van der Waals surface area contributed by atoms with Crippen molar-refractivity contribution in [1.82, 2.24) is 9.69 Å². The number of aryl methyl sites for hydroxylation is 1. The Balaban J connectivity index is 1.99. The van der Waals surface area contributed by atoms with E-state index in [0.717, 1.165) is 12.1 Å². The Morgan fingerprint density at radius 3 is 2.39 bits per heavy atom. The highest BCUT2D eigenvalue weighted by Gasteiger charge is 2.23. The molecule has 0 saturated carbocycles. The minimum atomic E-state index is -1.18. The summed E-state index contributed by atoms with van der Waals surface area (Å²) in [7, 11) is 0. The molecule has 0 spiro atoms. The maximum absolute atomic E-state index is 14.0. The van der Waals surface area contributed by atoms with Crippen molar-refractivity contribution < 1.29 is 38.1 Å². The maximum Gasteiger partial charge on any atom is 0.320 e. The van der Waals surface area contributed by atoms with Crippen molar-refractivity contribution in [2.75, 3.05) is 11.9 Å². The van der Waals surface area contributed by atoms with E-state index >= 15 is 0 Å². The lowest BCUT2D eigenvalue weighted by atomic mass is 10.1. The predicted octanol–water partition coefficient (Wildman–Crippen LogP) is 0.516. The molecule has 1 heterocycles. The number of ether oxygens (including phenoxy) is 1. The quantitative estimate of drug-likeness (QED) is 0.266. The van der Waals surface area contributed by atoms with Crippen LogP contribution in [0.1, 0.15) is 34.3 Å². The number of carbonyl (C=O) groups is 3. The number of anilines is 1. The van der Waals surface area contributed by atoms with E-state index in [9.17, 15) is 33.4 Å². The van der Waals surface area contributed by atoms with Gasteiger partial charge in [-0.1, -0.05) is 0 Å². The highest BCUT2D eigenvalue weighted by molar-refractivity contribution is 7.11. The monoisotopic (exact) mass is 487 g/mol. The van der Waals surface area contributed by atoms with E-state index in [0.29, 0.717) is 17.1 Å². The number of primary amides is 2. The number of nitrogens with one attached hydrogen (secondary N) is 2. The molecule has 14 heteroatoms. The van der Waals surface area contributed by atoms with Gasteiger partial charge in [-0.15, -0.1) is 0 Å². The average molecular weight is 487 g/mol. The normalized spacial score (nSPS) is 12.6. The molecule has 2 aromatic rings. The van der Waals surface area contributed by atoms with Crippen LogP contribution >= 0.6 is 11.5 Å². The molecule has 0 aliphatic rings. The zero-order chi connectivity index (χ0) is 24.7. The Bertz CT molecular complexity index is 1010. The summed E-state index contributed by atoms with van der Waals surface area (Å²) >= 11 is 0.641. The molecule has 33 heavy (non-hydrogen) atoms. The molecule has 1 aromatic carbocycles. The van der Waals surface area contributed by atoms with Gasteiger partial charge in [-0.25, -0.2) is 13.6 Å². The third kappa shape index (κ3) is 7.62. The summed E-state index contributed by atoms with van der Waals surface area (Å²) < 4.78 is 37.1. The number of hydrogen-bond acceptors (Lipinski definition) is 8.